The number of benzene rings is 1. The molecule has 0 radical (unpaired) electrons. The fourth-order valence-electron chi connectivity index (χ4n) is 3.64. The normalized spacial score (nSPS) is 11.8. The number of hydrogen-bond donors (Lipinski definition) is 0. The Bertz CT molecular complexity index is 1100. The minimum atomic E-state index is -0.795. The van der Waals surface area contributed by atoms with E-state index in [0.717, 1.165) is 4.90 Å². The average Bonchev–Trinajstić information content (AvgIpc) is 3.04. The van der Waals surface area contributed by atoms with Gasteiger partial charge in [-0.2, -0.15) is 0 Å². The maximum Gasteiger partial charge on any atom is 0.419 e. The Morgan fingerprint density at radius 1 is 0.577 bits per heavy atom. The van der Waals surface area contributed by atoms with Gasteiger partial charge in [-0.1, -0.05) is 11.6 Å². The van der Waals surface area contributed by atoms with Crippen LogP contribution < -0.4 is 4.74 Å². The van der Waals surface area contributed by atoms with E-state index in [0.29, 0.717) is 98.2 Å². The summed E-state index contributed by atoms with van der Waals surface area (Å²) in [6.07, 6.45) is -1.59. The molecule has 0 aromatic heterocycles. The largest absolute Gasteiger partial charge is 0.491 e. The van der Waals surface area contributed by atoms with E-state index in [4.69, 9.17) is 63.7 Å². The molecule has 52 heavy (non-hydrogen) atoms. The summed E-state index contributed by atoms with van der Waals surface area (Å²) in [5.74, 6) is 0.308. The molecule has 0 bridgehead atoms. The van der Waals surface area contributed by atoms with Gasteiger partial charge >= 0.3 is 12.2 Å². The van der Waals surface area contributed by atoms with Crippen molar-refractivity contribution in [3.63, 3.8) is 0 Å². The molecule has 2 amide bonds. The number of nitro groups is 1. The zero-order valence-electron chi connectivity index (χ0n) is 31.4. The van der Waals surface area contributed by atoms with Crippen molar-refractivity contribution in [2.75, 3.05) is 119 Å². The third kappa shape index (κ3) is 26.8. The molecule has 0 N–H and O–H groups in total. The van der Waals surface area contributed by atoms with Crippen LogP contribution in [-0.4, -0.2) is 152 Å². The summed E-state index contributed by atoms with van der Waals surface area (Å²) < 4.78 is 59.7. The zero-order chi connectivity index (χ0) is 38.7. The Morgan fingerprint density at radius 3 is 1.23 bits per heavy atom. The number of hydrogen-bond acceptors (Lipinski definition) is 15. The van der Waals surface area contributed by atoms with Crippen molar-refractivity contribution in [2.45, 2.75) is 52.7 Å². The third-order valence-electron chi connectivity index (χ3n) is 5.85. The van der Waals surface area contributed by atoms with Crippen LogP contribution in [0.1, 0.15) is 41.5 Å². The first kappa shape index (κ1) is 47.2. The van der Waals surface area contributed by atoms with Crippen LogP contribution in [-0.2, 0) is 47.4 Å². The topological polar surface area (TPSA) is 182 Å². The van der Waals surface area contributed by atoms with Crippen LogP contribution in [0, 0.1) is 10.1 Å². The van der Waals surface area contributed by atoms with Gasteiger partial charge < -0.3 is 52.1 Å². The number of amides is 2. The van der Waals surface area contributed by atoms with E-state index in [-0.39, 0.29) is 37.1 Å². The third-order valence-corrected chi connectivity index (χ3v) is 6.07. The lowest BCUT2D eigenvalue weighted by atomic mass is 10.2. The Balaban J connectivity index is 1.86. The van der Waals surface area contributed by atoms with Crippen LogP contribution in [0.2, 0.25) is 5.02 Å². The van der Waals surface area contributed by atoms with Crippen molar-refractivity contribution < 1.29 is 66.6 Å². The lowest BCUT2D eigenvalue weighted by molar-refractivity contribution is -0.384. The second-order valence-electron chi connectivity index (χ2n) is 12.8. The van der Waals surface area contributed by atoms with Crippen LogP contribution >= 0.6 is 11.6 Å². The van der Waals surface area contributed by atoms with Gasteiger partial charge in [0.05, 0.1) is 128 Å². The minimum absolute atomic E-state index is 0.0213. The fourth-order valence-corrected chi connectivity index (χ4v) is 3.86. The van der Waals surface area contributed by atoms with Crippen molar-refractivity contribution in [1.29, 1.82) is 0 Å². The summed E-state index contributed by atoms with van der Waals surface area (Å²) >= 11 is 5.86. The van der Waals surface area contributed by atoms with Gasteiger partial charge in [0.15, 0.2) is 0 Å². The molecule has 0 unspecified atom stereocenters. The van der Waals surface area contributed by atoms with Crippen molar-refractivity contribution in [3.05, 3.63) is 33.3 Å². The molecule has 18 heteroatoms. The Labute approximate surface area is 311 Å². The van der Waals surface area contributed by atoms with Crippen LogP contribution in [0.25, 0.3) is 0 Å². The summed E-state index contributed by atoms with van der Waals surface area (Å²) in [7, 11) is 0. The van der Waals surface area contributed by atoms with E-state index >= 15 is 0 Å². The van der Waals surface area contributed by atoms with Crippen molar-refractivity contribution >= 4 is 29.5 Å². The molecule has 0 saturated heterocycles. The van der Waals surface area contributed by atoms with Gasteiger partial charge in [-0.25, -0.2) is 14.5 Å². The average molecular weight is 769 g/mol. The number of nitro benzene ring substituents is 1. The maximum atomic E-state index is 12.5. The van der Waals surface area contributed by atoms with Gasteiger partial charge in [0, 0.05) is 6.07 Å². The Kier molecular flexibility index (Phi) is 25.1. The first-order chi connectivity index (χ1) is 24.7. The number of non-ortho nitro benzene ring substituents is 1. The molecule has 0 aliphatic rings. The number of rotatable bonds is 29. The first-order valence-electron chi connectivity index (χ1n) is 17.1. The van der Waals surface area contributed by atoms with E-state index in [1.54, 1.807) is 41.5 Å². The molecule has 0 atom stereocenters. The molecular weight excluding hydrogens is 712 g/mol. The van der Waals surface area contributed by atoms with Gasteiger partial charge in [-0.3, -0.25) is 10.1 Å². The van der Waals surface area contributed by atoms with E-state index in [2.05, 4.69) is 0 Å². The monoisotopic (exact) mass is 768 g/mol. The number of carbonyl (C=O) groups is 2. The molecule has 0 spiro atoms. The second kappa shape index (κ2) is 27.7. The zero-order valence-corrected chi connectivity index (χ0v) is 32.1. The molecule has 1 aromatic carbocycles. The van der Waals surface area contributed by atoms with Gasteiger partial charge in [-0.05, 0) is 47.6 Å². The maximum absolute atomic E-state index is 12.5. The number of ether oxygens (including phenoxy) is 11. The molecule has 300 valence electrons. The van der Waals surface area contributed by atoms with Crippen molar-refractivity contribution in [3.8, 4) is 5.75 Å². The first-order valence-corrected chi connectivity index (χ1v) is 17.5. The molecule has 1 aromatic rings. The van der Waals surface area contributed by atoms with E-state index < -0.39 is 28.3 Å². The molecule has 17 nitrogen and oxygen atoms in total. The molecule has 0 fully saturated rings. The lowest BCUT2D eigenvalue weighted by Crippen LogP contribution is -2.45. The van der Waals surface area contributed by atoms with E-state index in [1.165, 1.54) is 18.2 Å². The van der Waals surface area contributed by atoms with Gasteiger partial charge in [0.2, 0.25) is 0 Å². The lowest BCUT2D eigenvalue weighted by Gasteiger charge is -2.28. The van der Waals surface area contributed by atoms with Crippen LogP contribution in [0.4, 0.5) is 15.3 Å². The standard InChI is InChI=1S/C34H57ClN2O15/c1-33(2,3)51-31(38)36(32(39)52-34(4,5)6)7-8-42-9-10-43-11-12-44-13-14-45-15-16-46-17-18-47-19-20-48-21-22-49-23-24-50-30-26-28(35)25-29(27-30)37(40)41/h25-27H,7-24H2,1-6H3. The number of carbonyl (C=O) groups excluding carboxylic acids is 2. The fraction of sp³-hybridized carbons (Fsp3) is 0.765. The second-order valence-corrected chi connectivity index (χ2v) is 13.2. The summed E-state index contributed by atoms with van der Waals surface area (Å²) in [6.45, 7) is 16.5. The minimum Gasteiger partial charge on any atom is -0.491 e. The quantitative estimate of drug-likeness (QED) is 0.0607. The molecule has 0 saturated carbocycles. The Hall–Kier alpha value is -2.87. The molecular formula is C34H57ClN2O15. The predicted octanol–water partition coefficient (Wildman–Crippen LogP) is 4.93. The predicted molar refractivity (Wildman–Crippen MR) is 189 cm³/mol. The summed E-state index contributed by atoms with van der Waals surface area (Å²) in [4.78, 5) is 36.2. The summed E-state index contributed by atoms with van der Waals surface area (Å²) in [5.41, 5.74) is -1.66. The molecule has 1 rings (SSSR count). The summed E-state index contributed by atoms with van der Waals surface area (Å²) in [5, 5.41) is 11.1. The van der Waals surface area contributed by atoms with Crippen molar-refractivity contribution in [1.82, 2.24) is 4.90 Å². The van der Waals surface area contributed by atoms with Gasteiger partial charge in [0.1, 0.15) is 23.6 Å². The highest BCUT2D eigenvalue weighted by Gasteiger charge is 2.30. The van der Waals surface area contributed by atoms with E-state index in [1.807, 2.05) is 0 Å². The van der Waals surface area contributed by atoms with Crippen LogP contribution in [0.5, 0.6) is 5.75 Å². The molecule has 0 aliphatic heterocycles. The number of nitrogens with zero attached hydrogens (tertiary/aromatic N) is 2. The van der Waals surface area contributed by atoms with E-state index in [9.17, 15) is 19.7 Å². The SMILES string of the molecule is CC(C)(C)OC(=O)N(CCOCCOCCOCCOCCOCCOCCOCCOCCOc1cc(Cl)cc([N+](=O)[O-])c1)C(=O)OC(C)(C)C. The number of halogens is 1. The molecule has 0 aliphatic carbocycles. The molecule has 0 heterocycles. The van der Waals surface area contributed by atoms with Gasteiger partial charge in [0.25, 0.3) is 5.69 Å². The van der Waals surface area contributed by atoms with Crippen LogP contribution in [0.3, 0.4) is 0 Å². The highest BCUT2D eigenvalue weighted by molar-refractivity contribution is 6.30. The van der Waals surface area contributed by atoms with Crippen LogP contribution in [0.15, 0.2) is 18.2 Å². The van der Waals surface area contributed by atoms with Crippen molar-refractivity contribution in [2.24, 2.45) is 0 Å². The summed E-state index contributed by atoms with van der Waals surface area (Å²) in [6, 6.07) is 4.06. The highest BCUT2D eigenvalue weighted by Crippen LogP contribution is 2.25. The number of imide groups is 1. The van der Waals surface area contributed by atoms with Gasteiger partial charge in [-0.15, -0.1) is 0 Å². The smallest absolute Gasteiger partial charge is 0.419 e. The Morgan fingerprint density at radius 2 is 0.904 bits per heavy atom. The highest BCUT2D eigenvalue weighted by atomic mass is 35.5.